The van der Waals surface area contributed by atoms with E-state index in [1.807, 2.05) is 32.2 Å². The summed E-state index contributed by atoms with van der Waals surface area (Å²) in [5, 5.41) is 61.0. The van der Waals surface area contributed by atoms with E-state index < -0.39 is 23.4 Å². The van der Waals surface area contributed by atoms with Gasteiger partial charge in [-0.1, -0.05) is 68.5 Å². The Morgan fingerprint density at radius 2 is 1.74 bits per heavy atom. The van der Waals surface area contributed by atoms with E-state index in [2.05, 4.69) is 102 Å². The molecule has 0 saturated heterocycles. The fraction of sp³-hybridized carbons (Fsp3) is 0.450. The zero-order valence-electron chi connectivity index (χ0n) is 43.0. The molecule has 13 nitrogen and oxygen atoms in total. The van der Waals surface area contributed by atoms with Crippen LogP contribution in [0.2, 0.25) is 0 Å². The van der Waals surface area contributed by atoms with Crippen molar-refractivity contribution in [3.05, 3.63) is 140 Å². The van der Waals surface area contributed by atoms with Gasteiger partial charge in [0.25, 0.3) is 0 Å². The van der Waals surface area contributed by atoms with Gasteiger partial charge in [-0.3, -0.25) is 10.3 Å². The predicted molar refractivity (Wildman–Crippen MR) is 285 cm³/mol. The number of nitrogens with zero attached hydrogens (tertiary/aromatic N) is 1. The third-order valence-electron chi connectivity index (χ3n) is 15.6. The van der Waals surface area contributed by atoms with Crippen LogP contribution in [-0.4, -0.2) is 105 Å². The highest BCUT2D eigenvalue weighted by atomic mass is 16.6. The quantitative estimate of drug-likeness (QED) is 0.0298. The van der Waals surface area contributed by atoms with Gasteiger partial charge >= 0.3 is 0 Å². The molecule has 2 aliphatic carbocycles. The molecular weight excluding hydrogens is 919 g/mol. The number of phenolic OH excluding ortho intramolecular Hbond substituents is 2. The molecule has 0 amide bonds. The Morgan fingerprint density at radius 1 is 0.918 bits per heavy atom. The minimum atomic E-state index is -1.02. The highest BCUT2D eigenvalue weighted by Gasteiger charge is 2.51. The van der Waals surface area contributed by atoms with Crippen molar-refractivity contribution in [1.29, 1.82) is 0 Å². The molecule has 10 rings (SSSR count). The lowest BCUT2D eigenvalue weighted by atomic mass is 9.62. The predicted octanol–water partition coefficient (Wildman–Crippen LogP) is 6.46. The van der Waals surface area contributed by atoms with Crippen LogP contribution < -0.4 is 46.1 Å². The van der Waals surface area contributed by atoms with E-state index in [4.69, 9.17) is 23.9 Å². The number of rotatable bonds is 21. The van der Waals surface area contributed by atoms with E-state index in [0.717, 1.165) is 80.2 Å². The molecule has 13 heteroatoms. The van der Waals surface area contributed by atoms with Crippen molar-refractivity contribution >= 4 is 12.2 Å². The first-order chi connectivity index (χ1) is 35.4. The molecule has 0 fully saturated rings. The number of aliphatic hydroxyl groups excluding tert-OH is 1. The second-order valence-corrected chi connectivity index (χ2v) is 21.5. The molecular formula is C60H73N5O8. The van der Waals surface area contributed by atoms with Crippen LogP contribution in [0.25, 0.3) is 23.3 Å². The average molecular weight is 992 g/mol. The van der Waals surface area contributed by atoms with Crippen molar-refractivity contribution in [2.24, 2.45) is 10.9 Å². The summed E-state index contributed by atoms with van der Waals surface area (Å²) in [6.45, 7) is 9.52. The molecule has 0 bridgehead atoms. The zero-order valence-corrected chi connectivity index (χ0v) is 43.0. The van der Waals surface area contributed by atoms with Crippen LogP contribution in [0.15, 0.2) is 89.4 Å². The Kier molecular flexibility index (Phi) is 15.0. The zero-order chi connectivity index (χ0) is 50.9. The lowest BCUT2D eigenvalue weighted by molar-refractivity contribution is -0.129. The number of ether oxygens (including phenoxy) is 4. The van der Waals surface area contributed by atoms with Crippen molar-refractivity contribution in [3.8, 4) is 39.9 Å². The second kappa shape index (κ2) is 21.6. The summed E-state index contributed by atoms with van der Waals surface area (Å²) in [5.74, 6) is 2.27. The van der Waals surface area contributed by atoms with Gasteiger partial charge in [-0.25, -0.2) is 0 Å². The number of aliphatic hydroxyl groups is 2. The molecule has 5 aliphatic rings. The van der Waals surface area contributed by atoms with E-state index in [1.165, 1.54) is 16.7 Å². The normalized spacial score (nSPS) is 22.0. The molecule has 0 radical (unpaired) electrons. The molecule has 3 heterocycles. The van der Waals surface area contributed by atoms with E-state index in [0.29, 0.717) is 82.4 Å². The molecule has 0 saturated carbocycles. The number of hydrogen-bond acceptors (Lipinski definition) is 13. The summed E-state index contributed by atoms with van der Waals surface area (Å²) in [7, 11) is 3.41. The topological polar surface area (TPSA) is 178 Å². The Morgan fingerprint density at radius 3 is 2.53 bits per heavy atom. The van der Waals surface area contributed by atoms with Crippen LogP contribution in [0.4, 0.5) is 0 Å². The Hall–Kier alpha value is -5.77. The fourth-order valence-corrected chi connectivity index (χ4v) is 12.5. The van der Waals surface area contributed by atoms with E-state index in [9.17, 15) is 20.4 Å². The number of fused-ring (bicyclic) bond motifs is 8. The number of aryl methyl sites for hydroxylation is 1. The largest absolute Gasteiger partial charge is 0.507 e. The number of nitrogens with one attached hydrogen (secondary N) is 4. The SMILES string of the molecule is CNCOC1(CNCNCC(C)(O)CC(C)C)Cc2c3c(c4c(c2OC1c1ccc(O)c(OC)c1)CCC(CO)O4)-c1ccc(O)c2c1C(C3)C(c1ccc3c(c1)=CCN=3)C(CNCCCc1ccccc1)=C2. The Labute approximate surface area is 429 Å². The first-order valence-electron chi connectivity index (χ1n) is 26.3. The lowest BCUT2D eigenvalue weighted by Gasteiger charge is -2.48. The first-order valence-corrected chi connectivity index (χ1v) is 26.3. The maximum absolute atomic E-state index is 11.9. The maximum Gasteiger partial charge on any atom is 0.160 e. The number of phenols is 2. The van der Waals surface area contributed by atoms with Gasteiger partial charge in [0.15, 0.2) is 17.6 Å². The lowest BCUT2D eigenvalue weighted by Crippen LogP contribution is -2.56. The Balaban J connectivity index is 1.11. The van der Waals surface area contributed by atoms with Crippen molar-refractivity contribution in [2.75, 3.05) is 66.9 Å². The molecule has 6 unspecified atom stereocenters. The number of aromatic hydroxyl groups is 2. The smallest absolute Gasteiger partial charge is 0.160 e. The van der Waals surface area contributed by atoms with Gasteiger partial charge in [-0.15, -0.1) is 0 Å². The van der Waals surface area contributed by atoms with Crippen molar-refractivity contribution in [3.63, 3.8) is 0 Å². The number of methoxy groups -OCH3 is 1. The van der Waals surface area contributed by atoms with E-state index in [-0.39, 0.29) is 36.7 Å². The van der Waals surface area contributed by atoms with Gasteiger partial charge in [-0.2, -0.15) is 0 Å². The highest BCUT2D eigenvalue weighted by molar-refractivity contribution is 5.89. The summed E-state index contributed by atoms with van der Waals surface area (Å²) in [5.41, 5.74) is 9.62. The summed E-state index contributed by atoms with van der Waals surface area (Å²) >= 11 is 0. The minimum absolute atomic E-state index is 0.0208. The van der Waals surface area contributed by atoms with Crippen molar-refractivity contribution < 1.29 is 39.4 Å². The second-order valence-electron chi connectivity index (χ2n) is 21.5. The highest BCUT2D eigenvalue weighted by Crippen LogP contribution is 2.61. The van der Waals surface area contributed by atoms with Gasteiger partial charge < -0.3 is 55.3 Å². The summed E-state index contributed by atoms with van der Waals surface area (Å²) in [4.78, 5) is 4.76. The van der Waals surface area contributed by atoms with Crippen molar-refractivity contribution in [1.82, 2.24) is 21.3 Å². The molecule has 3 aliphatic heterocycles. The average Bonchev–Trinajstić information content (AvgIpc) is 3.87. The van der Waals surface area contributed by atoms with Gasteiger partial charge in [0.1, 0.15) is 29.0 Å². The van der Waals surface area contributed by atoms with Crippen LogP contribution in [0.5, 0.6) is 28.7 Å². The van der Waals surface area contributed by atoms with Crippen LogP contribution in [0.3, 0.4) is 0 Å². The standard InChI is InChI=1S/C60H73N5O8/c1-36(2)28-59(3,69)32-63-34-64-33-60(71-35-61-4)29-48-45-27-47-53(39-13-18-49-38(24-39)21-23-65-49)41(30-62-22-9-12-37-10-7-6-8-11-37)25-46-50(67)20-17-43(54(46)47)55(45)57-44(16-15-42(31-66)72-57)56(48)73-58(60)40-14-19-51(68)52(26-40)70-5/h6-8,10-11,13-14,17-21,24-26,36,42,47,53,58,61-64,66-69H,9,12,15-16,22-23,27-35H2,1-5H3. The summed E-state index contributed by atoms with van der Waals surface area (Å²) in [6, 6.07) is 26.6. The van der Waals surface area contributed by atoms with Gasteiger partial charge in [0.2, 0.25) is 0 Å². The molecule has 8 N–H and O–H groups in total. The van der Waals surface area contributed by atoms with Crippen molar-refractivity contribution in [2.45, 2.75) is 101 Å². The van der Waals surface area contributed by atoms with Crippen LogP contribution in [0.1, 0.15) is 102 Å². The van der Waals surface area contributed by atoms with E-state index in [1.54, 1.807) is 13.2 Å². The monoisotopic (exact) mass is 992 g/mol. The summed E-state index contributed by atoms with van der Waals surface area (Å²) in [6.07, 6.45) is 8.27. The maximum atomic E-state index is 11.9. The molecule has 5 aromatic rings. The molecule has 6 atom stereocenters. The first kappa shape index (κ1) is 50.7. The van der Waals surface area contributed by atoms with Crippen LogP contribution >= 0.6 is 0 Å². The van der Waals surface area contributed by atoms with Crippen LogP contribution in [0, 0.1) is 5.92 Å². The van der Waals surface area contributed by atoms with Crippen LogP contribution in [-0.2, 0) is 30.4 Å². The molecule has 5 aromatic carbocycles. The number of benzene rings is 5. The van der Waals surface area contributed by atoms with Gasteiger partial charge in [-0.05, 0) is 151 Å². The van der Waals surface area contributed by atoms with Gasteiger partial charge in [0, 0.05) is 60.9 Å². The minimum Gasteiger partial charge on any atom is -0.507 e. The Bertz CT molecular complexity index is 2980. The summed E-state index contributed by atoms with van der Waals surface area (Å²) < 4.78 is 27.3. The van der Waals surface area contributed by atoms with Gasteiger partial charge in [0.05, 0.1) is 38.0 Å². The fourth-order valence-electron chi connectivity index (χ4n) is 12.5. The third kappa shape index (κ3) is 10.3. The molecule has 73 heavy (non-hydrogen) atoms. The molecule has 0 spiro atoms. The molecule has 386 valence electrons. The number of hydrogen-bond donors (Lipinski definition) is 8. The third-order valence-corrected chi connectivity index (χ3v) is 15.6. The van der Waals surface area contributed by atoms with E-state index >= 15 is 0 Å². The molecule has 0 aromatic heterocycles.